The van der Waals surface area contributed by atoms with Gasteiger partial charge < -0.3 is 24.6 Å². The van der Waals surface area contributed by atoms with Crippen LogP contribution in [0.15, 0.2) is 30.5 Å². The standard InChI is InChI=1S/C28H40N6O2/c1-27(2)15-19(16-28(3,4)32-27)33(5)24(30)11-10-20(29)26-22(35)13-18(14-23(26)36-6)21-17-31-25-9-7-8-12-34(21)25/h10-11,13-14,17,19,29-30,32,35H,7-9,12,15-16H2,1-6H3/b11-10-,29-20?,30-24?. The van der Waals surface area contributed by atoms with E-state index in [1.165, 1.54) is 0 Å². The molecule has 4 N–H and O–H groups in total. The van der Waals surface area contributed by atoms with Gasteiger partial charge in [0, 0.05) is 42.7 Å². The van der Waals surface area contributed by atoms with Crippen molar-refractivity contribution in [1.29, 1.82) is 10.8 Å². The summed E-state index contributed by atoms with van der Waals surface area (Å²) in [5, 5.41) is 31.9. The Hall–Kier alpha value is -3.13. The van der Waals surface area contributed by atoms with Crippen LogP contribution in [0.3, 0.4) is 0 Å². The molecule has 36 heavy (non-hydrogen) atoms. The summed E-state index contributed by atoms with van der Waals surface area (Å²) in [4.78, 5) is 6.54. The van der Waals surface area contributed by atoms with E-state index >= 15 is 0 Å². The third-order valence-electron chi connectivity index (χ3n) is 7.34. The monoisotopic (exact) mass is 492 g/mol. The molecule has 2 aliphatic heterocycles. The number of nitrogens with one attached hydrogen (secondary N) is 3. The highest BCUT2D eigenvalue weighted by molar-refractivity contribution is 6.13. The van der Waals surface area contributed by atoms with Crippen molar-refractivity contribution in [1.82, 2.24) is 19.8 Å². The number of methoxy groups -OCH3 is 1. The van der Waals surface area contributed by atoms with Crippen molar-refractivity contribution in [3.63, 3.8) is 0 Å². The van der Waals surface area contributed by atoms with Gasteiger partial charge in [-0.25, -0.2) is 4.98 Å². The van der Waals surface area contributed by atoms with E-state index in [1.54, 1.807) is 25.3 Å². The van der Waals surface area contributed by atoms with Gasteiger partial charge in [0.05, 0.1) is 30.3 Å². The summed E-state index contributed by atoms with van der Waals surface area (Å²) in [5.74, 6) is 1.80. The van der Waals surface area contributed by atoms with Crippen molar-refractivity contribution in [3.05, 3.63) is 41.9 Å². The summed E-state index contributed by atoms with van der Waals surface area (Å²) in [5.41, 5.74) is 2.13. The summed E-state index contributed by atoms with van der Waals surface area (Å²) >= 11 is 0. The van der Waals surface area contributed by atoms with Crippen LogP contribution in [0.1, 0.15) is 64.8 Å². The number of piperidine rings is 1. The zero-order chi connectivity index (χ0) is 26.3. The Morgan fingerprint density at radius 2 is 1.86 bits per heavy atom. The van der Waals surface area contributed by atoms with Gasteiger partial charge in [-0.1, -0.05) is 0 Å². The maximum Gasteiger partial charge on any atom is 0.132 e. The molecule has 194 valence electrons. The third kappa shape index (κ3) is 5.33. The zero-order valence-electron chi connectivity index (χ0n) is 22.4. The highest BCUT2D eigenvalue weighted by atomic mass is 16.5. The number of nitrogens with zero attached hydrogens (tertiary/aromatic N) is 3. The number of hydrogen-bond donors (Lipinski definition) is 4. The van der Waals surface area contributed by atoms with Gasteiger partial charge in [0.15, 0.2) is 0 Å². The predicted octanol–water partition coefficient (Wildman–Crippen LogP) is 4.74. The molecular formula is C28H40N6O2. The minimum Gasteiger partial charge on any atom is -0.507 e. The molecule has 1 aromatic heterocycles. The molecule has 3 heterocycles. The quantitative estimate of drug-likeness (QED) is 0.344. The number of phenols is 1. The number of allylic oxidation sites excluding steroid dienone is 1. The van der Waals surface area contributed by atoms with Crippen LogP contribution < -0.4 is 10.1 Å². The van der Waals surface area contributed by atoms with Gasteiger partial charge in [-0.15, -0.1) is 0 Å². The summed E-state index contributed by atoms with van der Waals surface area (Å²) in [6.45, 7) is 9.70. The van der Waals surface area contributed by atoms with Gasteiger partial charge >= 0.3 is 0 Å². The van der Waals surface area contributed by atoms with Gasteiger partial charge in [0.25, 0.3) is 0 Å². The molecule has 0 bridgehead atoms. The third-order valence-corrected chi connectivity index (χ3v) is 7.34. The van der Waals surface area contributed by atoms with Crippen molar-refractivity contribution in [2.45, 2.75) is 83.5 Å². The maximum atomic E-state index is 10.9. The maximum absolute atomic E-state index is 10.9. The zero-order valence-corrected chi connectivity index (χ0v) is 22.4. The van der Waals surface area contributed by atoms with E-state index in [-0.39, 0.29) is 28.6 Å². The minimum absolute atomic E-state index is 0.0208. The highest BCUT2D eigenvalue weighted by Gasteiger charge is 2.39. The molecule has 2 aromatic rings. The number of aromatic hydroxyl groups is 1. The van der Waals surface area contributed by atoms with Crippen LogP contribution in [0.4, 0.5) is 0 Å². The first kappa shape index (κ1) is 25.9. The molecule has 1 saturated heterocycles. The summed E-state index contributed by atoms with van der Waals surface area (Å²) < 4.78 is 7.79. The lowest BCUT2D eigenvalue weighted by Crippen LogP contribution is -2.62. The van der Waals surface area contributed by atoms with E-state index in [0.717, 1.165) is 55.7 Å². The van der Waals surface area contributed by atoms with Crippen molar-refractivity contribution in [2.75, 3.05) is 14.2 Å². The number of amidine groups is 1. The fraction of sp³-hybridized carbons (Fsp3) is 0.536. The molecule has 0 spiro atoms. The van der Waals surface area contributed by atoms with Crippen LogP contribution in [0.25, 0.3) is 11.3 Å². The van der Waals surface area contributed by atoms with Crippen LogP contribution in [-0.2, 0) is 13.0 Å². The Bertz CT molecular complexity index is 1180. The molecule has 1 aromatic carbocycles. The number of imidazole rings is 1. The van der Waals surface area contributed by atoms with Crippen LogP contribution in [-0.4, -0.2) is 62.4 Å². The van der Waals surface area contributed by atoms with E-state index in [2.05, 4.69) is 42.6 Å². The Labute approximate surface area is 214 Å². The van der Waals surface area contributed by atoms with Gasteiger partial charge in [-0.2, -0.15) is 0 Å². The molecule has 1 fully saturated rings. The number of phenolic OH excluding ortho intramolecular Hbond substituents is 1. The van der Waals surface area contributed by atoms with Crippen LogP contribution in [0, 0.1) is 10.8 Å². The van der Waals surface area contributed by atoms with Gasteiger partial charge in [-0.3, -0.25) is 10.8 Å². The molecule has 0 aliphatic carbocycles. The first-order chi connectivity index (χ1) is 16.9. The van der Waals surface area contributed by atoms with Crippen LogP contribution in [0.5, 0.6) is 11.5 Å². The first-order valence-corrected chi connectivity index (χ1v) is 12.7. The number of benzene rings is 1. The molecule has 2 aliphatic rings. The Balaban J connectivity index is 1.53. The minimum atomic E-state index is -0.0212. The SMILES string of the molecule is COc1cc(-c2cnc3n2CCCC3)cc(O)c1C(=N)/C=C\C(=N)N(C)C1CC(C)(C)NC(C)(C)C1. The van der Waals surface area contributed by atoms with Crippen molar-refractivity contribution in [2.24, 2.45) is 0 Å². The van der Waals surface area contributed by atoms with E-state index in [9.17, 15) is 5.11 Å². The number of hydrogen-bond acceptors (Lipinski definition) is 6. The smallest absolute Gasteiger partial charge is 0.132 e. The van der Waals surface area contributed by atoms with Gasteiger partial charge in [0.2, 0.25) is 0 Å². The number of fused-ring (bicyclic) bond motifs is 1. The summed E-state index contributed by atoms with van der Waals surface area (Å²) in [6, 6.07) is 3.74. The number of aromatic nitrogens is 2. The Kier molecular flexibility index (Phi) is 7.01. The first-order valence-electron chi connectivity index (χ1n) is 12.7. The predicted molar refractivity (Wildman–Crippen MR) is 145 cm³/mol. The summed E-state index contributed by atoms with van der Waals surface area (Å²) in [7, 11) is 3.48. The lowest BCUT2D eigenvalue weighted by atomic mass is 9.79. The van der Waals surface area contributed by atoms with Crippen molar-refractivity contribution < 1.29 is 9.84 Å². The fourth-order valence-corrected chi connectivity index (χ4v) is 5.93. The second kappa shape index (κ2) is 9.73. The molecule has 0 atom stereocenters. The molecule has 0 radical (unpaired) electrons. The molecule has 4 rings (SSSR count). The highest BCUT2D eigenvalue weighted by Crippen LogP contribution is 2.36. The Morgan fingerprint density at radius 3 is 2.53 bits per heavy atom. The van der Waals surface area contributed by atoms with Gasteiger partial charge in [-0.05, 0) is 77.7 Å². The normalized spacial score (nSPS) is 19.2. The fourth-order valence-electron chi connectivity index (χ4n) is 5.93. The van der Waals surface area contributed by atoms with Crippen molar-refractivity contribution >= 4 is 11.5 Å². The topological polar surface area (TPSA) is 110 Å². The lowest BCUT2D eigenvalue weighted by molar-refractivity contribution is 0.114. The average Bonchev–Trinajstić information content (AvgIpc) is 3.23. The summed E-state index contributed by atoms with van der Waals surface area (Å²) in [6.07, 6.45) is 10.1. The van der Waals surface area contributed by atoms with E-state index in [0.29, 0.717) is 17.1 Å². The number of ether oxygens (including phenoxy) is 1. The second-order valence-electron chi connectivity index (χ2n) is 11.4. The van der Waals surface area contributed by atoms with E-state index in [4.69, 9.17) is 15.6 Å². The molecular weight excluding hydrogens is 452 g/mol. The molecule has 0 amide bonds. The van der Waals surface area contributed by atoms with Crippen LogP contribution in [0.2, 0.25) is 0 Å². The van der Waals surface area contributed by atoms with Gasteiger partial charge in [0.1, 0.15) is 23.2 Å². The molecule has 8 heteroatoms. The molecule has 0 unspecified atom stereocenters. The van der Waals surface area contributed by atoms with E-state index < -0.39 is 0 Å². The van der Waals surface area contributed by atoms with Crippen molar-refractivity contribution in [3.8, 4) is 22.8 Å². The lowest BCUT2D eigenvalue weighted by Gasteiger charge is -2.49. The number of rotatable bonds is 6. The largest absolute Gasteiger partial charge is 0.507 e. The van der Waals surface area contributed by atoms with Crippen LogP contribution >= 0.6 is 0 Å². The Morgan fingerprint density at radius 1 is 1.17 bits per heavy atom. The molecule has 8 nitrogen and oxygen atoms in total. The number of aryl methyl sites for hydroxylation is 1. The molecule has 0 saturated carbocycles. The van der Waals surface area contributed by atoms with E-state index in [1.807, 2.05) is 24.2 Å². The second-order valence-corrected chi connectivity index (χ2v) is 11.4. The average molecular weight is 493 g/mol. The number of likely N-dealkylation sites (N-methyl/N-ethyl adjacent to an activating group) is 1.